The monoisotopic (exact) mass is 386 g/mol. The van der Waals surface area contributed by atoms with Crippen molar-refractivity contribution in [2.45, 2.75) is 19.5 Å². The SMILES string of the molecule is Cc1csc(N2CCCN(c3nc(N(C)C)cc(C(F)(F)F)n3)CC2)n1. The van der Waals surface area contributed by atoms with Crippen LogP contribution in [0.15, 0.2) is 11.4 Å². The molecule has 1 saturated heterocycles. The lowest BCUT2D eigenvalue weighted by atomic mass is 10.3. The van der Waals surface area contributed by atoms with Crippen molar-refractivity contribution in [3.8, 4) is 0 Å². The number of alkyl halides is 3. The van der Waals surface area contributed by atoms with E-state index >= 15 is 0 Å². The molecule has 0 saturated carbocycles. The summed E-state index contributed by atoms with van der Waals surface area (Å²) in [5.74, 6) is 0.375. The summed E-state index contributed by atoms with van der Waals surface area (Å²) in [6.45, 7) is 4.58. The van der Waals surface area contributed by atoms with E-state index in [1.54, 1.807) is 30.3 Å². The maximum atomic E-state index is 13.2. The molecule has 26 heavy (non-hydrogen) atoms. The molecular formula is C16H21F3N6S. The van der Waals surface area contributed by atoms with Crippen molar-refractivity contribution in [2.24, 2.45) is 0 Å². The van der Waals surface area contributed by atoms with Gasteiger partial charge in [0.1, 0.15) is 5.82 Å². The summed E-state index contributed by atoms with van der Waals surface area (Å²) in [6, 6.07) is 0.978. The van der Waals surface area contributed by atoms with Crippen molar-refractivity contribution < 1.29 is 13.2 Å². The van der Waals surface area contributed by atoms with E-state index in [-0.39, 0.29) is 11.8 Å². The molecule has 2 aromatic heterocycles. The molecule has 2 aromatic rings. The zero-order valence-corrected chi connectivity index (χ0v) is 15.7. The highest BCUT2D eigenvalue weighted by atomic mass is 32.1. The number of hydrogen-bond acceptors (Lipinski definition) is 7. The second-order valence-corrected chi connectivity index (χ2v) is 7.24. The van der Waals surface area contributed by atoms with E-state index < -0.39 is 11.9 Å². The maximum Gasteiger partial charge on any atom is 0.433 e. The maximum absolute atomic E-state index is 13.2. The lowest BCUT2D eigenvalue weighted by molar-refractivity contribution is -0.141. The fourth-order valence-corrected chi connectivity index (χ4v) is 3.59. The number of hydrogen-bond donors (Lipinski definition) is 0. The van der Waals surface area contributed by atoms with Crippen LogP contribution in [0.5, 0.6) is 0 Å². The lowest BCUT2D eigenvalue weighted by Crippen LogP contribution is -2.32. The molecule has 0 aromatic carbocycles. The van der Waals surface area contributed by atoms with Gasteiger partial charge in [0.15, 0.2) is 10.8 Å². The Kier molecular flexibility index (Phi) is 5.22. The van der Waals surface area contributed by atoms with E-state index in [0.29, 0.717) is 19.6 Å². The first-order chi connectivity index (χ1) is 12.2. The molecule has 0 amide bonds. The number of rotatable bonds is 3. The third-order valence-corrected chi connectivity index (χ3v) is 5.12. The molecule has 0 aliphatic carbocycles. The minimum absolute atomic E-state index is 0.126. The summed E-state index contributed by atoms with van der Waals surface area (Å²) in [5, 5.41) is 2.94. The zero-order valence-electron chi connectivity index (χ0n) is 14.9. The van der Waals surface area contributed by atoms with Crippen molar-refractivity contribution >= 4 is 28.2 Å². The Morgan fingerprint density at radius 3 is 2.35 bits per heavy atom. The highest BCUT2D eigenvalue weighted by molar-refractivity contribution is 7.13. The summed E-state index contributed by atoms with van der Waals surface area (Å²) >= 11 is 1.58. The Morgan fingerprint density at radius 1 is 1.04 bits per heavy atom. The van der Waals surface area contributed by atoms with Crippen molar-refractivity contribution in [3.63, 3.8) is 0 Å². The van der Waals surface area contributed by atoms with Crippen molar-refractivity contribution in [3.05, 3.63) is 22.8 Å². The van der Waals surface area contributed by atoms with Gasteiger partial charge in [0.25, 0.3) is 0 Å². The first-order valence-electron chi connectivity index (χ1n) is 8.29. The van der Waals surface area contributed by atoms with Crippen molar-refractivity contribution in [2.75, 3.05) is 55.0 Å². The van der Waals surface area contributed by atoms with Gasteiger partial charge in [-0.25, -0.2) is 9.97 Å². The summed E-state index contributed by atoms with van der Waals surface area (Å²) < 4.78 is 39.6. The van der Waals surface area contributed by atoms with Gasteiger partial charge in [-0.05, 0) is 13.3 Å². The minimum atomic E-state index is -4.50. The van der Waals surface area contributed by atoms with E-state index in [0.717, 1.165) is 29.9 Å². The molecule has 0 unspecified atom stereocenters. The van der Waals surface area contributed by atoms with E-state index in [9.17, 15) is 13.2 Å². The molecule has 10 heteroatoms. The number of aryl methyl sites for hydroxylation is 1. The minimum Gasteiger partial charge on any atom is -0.363 e. The zero-order chi connectivity index (χ0) is 18.9. The van der Waals surface area contributed by atoms with Gasteiger partial charge in [0.05, 0.1) is 5.69 Å². The van der Waals surface area contributed by atoms with E-state index in [4.69, 9.17) is 0 Å². The molecule has 3 heterocycles. The predicted octanol–water partition coefficient (Wildman–Crippen LogP) is 3.04. The van der Waals surface area contributed by atoms with Crippen LogP contribution in [0.4, 0.5) is 30.1 Å². The first kappa shape index (κ1) is 18.7. The molecule has 142 valence electrons. The quantitative estimate of drug-likeness (QED) is 0.808. The van der Waals surface area contributed by atoms with E-state index in [2.05, 4.69) is 19.9 Å². The second-order valence-electron chi connectivity index (χ2n) is 6.40. The van der Waals surface area contributed by atoms with Crippen LogP contribution in [-0.4, -0.2) is 55.2 Å². The summed E-state index contributed by atoms with van der Waals surface area (Å²) in [6.07, 6.45) is -3.70. The normalized spacial score (nSPS) is 15.9. The summed E-state index contributed by atoms with van der Waals surface area (Å²) in [5.41, 5.74) is 0.0609. The third-order valence-electron chi connectivity index (χ3n) is 4.11. The summed E-state index contributed by atoms with van der Waals surface area (Å²) in [7, 11) is 3.34. The van der Waals surface area contributed by atoms with Crippen LogP contribution in [0.1, 0.15) is 17.8 Å². The standard InChI is InChI=1S/C16H21F3N6S/c1-11-10-26-15(20-11)25-6-4-5-24(7-8-25)14-21-12(16(17,18)19)9-13(22-14)23(2)3/h9-10H,4-8H2,1-3H3. The Labute approximate surface area is 154 Å². The second kappa shape index (κ2) is 7.26. The van der Waals surface area contributed by atoms with Crippen molar-refractivity contribution in [1.82, 2.24) is 15.0 Å². The number of aromatic nitrogens is 3. The molecule has 0 bridgehead atoms. The number of anilines is 3. The molecule has 1 aliphatic heterocycles. The Bertz CT molecular complexity index is 761. The predicted molar refractivity (Wildman–Crippen MR) is 97.3 cm³/mol. The number of nitrogens with zero attached hydrogens (tertiary/aromatic N) is 6. The lowest BCUT2D eigenvalue weighted by Gasteiger charge is -2.24. The smallest absolute Gasteiger partial charge is 0.363 e. The Balaban J connectivity index is 1.83. The summed E-state index contributed by atoms with van der Waals surface area (Å²) in [4.78, 5) is 18.2. The first-order valence-corrected chi connectivity index (χ1v) is 9.17. The molecular weight excluding hydrogens is 365 g/mol. The molecule has 3 rings (SSSR count). The van der Waals surface area contributed by atoms with E-state index in [1.165, 1.54) is 0 Å². The molecule has 1 aliphatic rings. The van der Waals surface area contributed by atoms with Gasteiger partial charge < -0.3 is 14.7 Å². The highest BCUT2D eigenvalue weighted by Gasteiger charge is 2.34. The van der Waals surface area contributed by atoms with Crippen LogP contribution in [0, 0.1) is 6.92 Å². The van der Waals surface area contributed by atoms with E-state index in [1.807, 2.05) is 17.2 Å². The van der Waals surface area contributed by atoms with Crippen LogP contribution in [0.25, 0.3) is 0 Å². The topological polar surface area (TPSA) is 48.4 Å². The molecule has 0 spiro atoms. The van der Waals surface area contributed by atoms with Crippen LogP contribution < -0.4 is 14.7 Å². The van der Waals surface area contributed by atoms with Gasteiger partial charge in [-0.15, -0.1) is 11.3 Å². The average molecular weight is 386 g/mol. The third kappa shape index (κ3) is 4.17. The largest absolute Gasteiger partial charge is 0.433 e. The van der Waals surface area contributed by atoms with Gasteiger partial charge in [0, 0.05) is 51.7 Å². The van der Waals surface area contributed by atoms with Gasteiger partial charge in [0.2, 0.25) is 5.95 Å². The van der Waals surface area contributed by atoms with Crippen LogP contribution in [0.2, 0.25) is 0 Å². The Morgan fingerprint density at radius 2 is 1.73 bits per heavy atom. The molecule has 0 radical (unpaired) electrons. The number of thiazole rings is 1. The van der Waals surface area contributed by atoms with Gasteiger partial charge >= 0.3 is 6.18 Å². The Hall–Kier alpha value is -2.10. The molecule has 6 nitrogen and oxygen atoms in total. The van der Waals surface area contributed by atoms with Gasteiger partial charge in [-0.2, -0.15) is 18.2 Å². The van der Waals surface area contributed by atoms with Gasteiger partial charge in [-0.3, -0.25) is 0 Å². The average Bonchev–Trinajstić information content (AvgIpc) is 2.86. The van der Waals surface area contributed by atoms with Gasteiger partial charge in [-0.1, -0.05) is 0 Å². The van der Waals surface area contributed by atoms with Crippen LogP contribution in [0.3, 0.4) is 0 Å². The highest BCUT2D eigenvalue weighted by Crippen LogP contribution is 2.31. The van der Waals surface area contributed by atoms with Crippen LogP contribution in [-0.2, 0) is 6.18 Å². The fraction of sp³-hybridized carbons (Fsp3) is 0.562. The molecule has 0 N–H and O–H groups in total. The molecule has 0 atom stereocenters. The number of halogens is 3. The van der Waals surface area contributed by atoms with Crippen molar-refractivity contribution in [1.29, 1.82) is 0 Å². The molecule has 1 fully saturated rings. The van der Waals surface area contributed by atoms with Crippen LogP contribution >= 0.6 is 11.3 Å². The fourth-order valence-electron chi connectivity index (χ4n) is 2.73.